The smallest absolute Gasteiger partial charge is 0.134 e. The average molecular weight is 183 g/mol. The van der Waals surface area contributed by atoms with Crippen molar-refractivity contribution in [1.29, 1.82) is 0 Å². The highest BCUT2D eigenvalue weighted by Gasteiger charge is 2.21. The van der Waals surface area contributed by atoms with Crippen molar-refractivity contribution in [2.45, 2.75) is 57.9 Å². The number of carbonyl (C=O) groups is 1. The number of carbonyl (C=O) groups excluding carboxylic acids is 1. The highest BCUT2D eigenvalue weighted by atomic mass is 16.1. The van der Waals surface area contributed by atoms with E-state index in [9.17, 15) is 4.79 Å². The van der Waals surface area contributed by atoms with Gasteiger partial charge in [0.25, 0.3) is 0 Å². The summed E-state index contributed by atoms with van der Waals surface area (Å²) in [7, 11) is 0. The standard InChI is InChI=1S/C11H21NO/c1-2-4-10(12)8-11(13)7-9-5-3-6-9/h9-10H,2-8,12H2,1H3. The highest BCUT2D eigenvalue weighted by molar-refractivity contribution is 5.79. The summed E-state index contributed by atoms with van der Waals surface area (Å²) in [5, 5.41) is 0. The molecule has 0 amide bonds. The van der Waals surface area contributed by atoms with Crippen molar-refractivity contribution in [3.63, 3.8) is 0 Å². The lowest BCUT2D eigenvalue weighted by molar-refractivity contribution is -0.120. The molecule has 1 atom stereocenters. The molecule has 13 heavy (non-hydrogen) atoms. The molecule has 76 valence electrons. The average Bonchev–Trinajstić information content (AvgIpc) is 1.97. The molecule has 0 radical (unpaired) electrons. The van der Waals surface area contributed by atoms with Gasteiger partial charge in [-0.05, 0) is 12.3 Å². The molecule has 1 unspecified atom stereocenters. The zero-order valence-corrected chi connectivity index (χ0v) is 8.59. The normalized spacial score (nSPS) is 19.5. The Bertz CT molecular complexity index is 163. The van der Waals surface area contributed by atoms with E-state index in [0.717, 1.165) is 19.3 Å². The minimum atomic E-state index is 0.109. The summed E-state index contributed by atoms with van der Waals surface area (Å²) in [6.07, 6.45) is 7.29. The Morgan fingerprint density at radius 3 is 2.69 bits per heavy atom. The minimum Gasteiger partial charge on any atom is -0.327 e. The van der Waals surface area contributed by atoms with E-state index in [-0.39, 0.29) is 6.04 Å². The minimum absolute atomic E-state index is 0.109. The van der Waals surface area contributed by atoms with Crippen LogP contribution >= 0.6 is 0 Å². The first-order valence-corrected chi connectivity index (χ1v) is 5.49. The van der Waals surface area contributed by atoms with Crippen molar-refractivity contribution in [3.8, 4) is 0 Å². The molecule has 0 aromatic rings. The second-order valence-electron chi connectivity index (χ2n) is 4.29. The third-order valence-electron chi connectivity index (χ3n) is 2.89. The van der Waals surface area contributed by atoms with Crippen LogP contribution in [0.1, 0.15) is 51.9 Å². The molecule has 0 aromatic carbocycles. The van der Waals surface area contributed by atoms with Gasteiger partial charge < -0.3 is 5.73 Å². The molecule has 1 saturated carbocycles. The van der Waals surface area contributed by atoms with Crippen molar-refractivity contribution in [3.05, 3.63) is 0 Å². The van der Waals surface area contributed by atoms with Crippen LogP contribution in [0.5, 0.6) is 0 Å². The zero-order chi connectivity index (χ0) is 9.68. The Labute approximate surface area is 80.9 Å². The van der Waals surface area contributed by atoms with Crippen LogP contribution in [-0.2, 0) is 4.79 Å². The quantitative estimate of drug-likeness (QED) is 0.686. The van der Waals surface area contributed by atoms with E-state index < -0.39 is 0 Å². The summed E-state index contributed by atoms with van der Waals surface area (Å²) in [6.45, 7) is 2.11. The first-order valence-electron chi connectivity index (χ1n) is 5.49. The number of nitrogens with two attached hydrogens (primary N) is 1. The van der Waals surface area contributed by atoms with Crippen molar-refractivity contribution >= 4 is 5.78 Å². The largest absolute Gasteiger partial charge is 0.327 e. The SMILES string of the molecule is CCCC(N)CC(=O)CC1CCC1. The molecule has 0 aliphatic heterocycles. The predicted molar refractivity (Wildman–Crippen MR) is 54.5 cm³/mol. The van der Waals surface area contributed by atoms with E-state index >= 15 is 0 Å². The number of ketones is 1. The highest BCUT2D eigenvalue weighted by Crippen LogP contribution is 2.29. The van der Waals surface area contributed by atoms with Crippen LogP contribution in [0.15, 0.2) is 0 Å². The van der Waals surface area contributed by atoms with E-state index in [0.29, 0.717) is 18.1 Å². The lowest BCUT2D eigenvalue weighted by atomic mass is 9.81. The molecule has 0 spiro atoms. The molecule has 0 bridgehead atoms. The van der Waals surface area contributed by atoms with Crippen LogP contribution < -0.4 is 5.73 Å². The summed E-state index contributed by atoms with van der Waals surface area (Å²) < 4.78 is 0. The van der Waals surface area contributed by atoms with E-state index in [1.807, 2.05) is 0 Å². The van der Waals surface area contributed by atoms with E-state index in [4.69, 9.17) is 5.73 Å². The third-order valence-corrected chi connectivity index (χ3v) is 2.89. The number of hydrogen-bond acceptors (Lipinski definition) is 2. The van der Waals surface area contributed by atoms with Crippen LogP contribution in [0.3, 0.4) is 0 Å². The predicted octanol–water partition coefficient (Wildman–Crippen LogP) is 2.26. The van der Waals surface area contributed by atoms with Gasteiger partial charge in [0.05, 0.1) is 0 Å². The molecular formula is C11H21NO. The maximum atomic E-state index is 11.5. The lowest BCUT2D eigenvalue weighted by Crippen LogP contribution is -2.25. The van der Waals surface area contributed by atoms with Crippen LogP contribution in [0.2, 0.25) is 0 Å². The topological polar surface area (TPSA) is 43.1 Å². The van der Waals surface area contributed by atoms with Crippen LogP contribution in [0, 0.1) is 5.92 Å². The fourth-order valence-corrected chi connectivity index (χ4v) is 1.87. The maximum Gasteiger partial charge on any atom is 0.134 e. The van der Waals surface area contributed by atoms with Crippen LogP contribution in [0.4, 0.5) is 0 Å². The van der Waals surface area contributed by atoms with Gasteiger partial charge in [-0.15, -0.1) is 0 Å². The van der Waals surface area contributed by atoms with Gasteiger partial charge in [0.15, 0.2) is 0 Å². The molecule has 0 heterocycles. The Kier molecular flexibility index (Phi) is 4.43. The van der Waals surface area contributed by atoms with Crippen molar-refractivity contribution in [2.75, 3.05) is 0 Å². The Balaban J connectivity index is 2.08. The Morgan fingerprint density at radius 2 is 2.23 bits per heavy atom. The number of Topliss-reactive ketones (excluding diaryl/α,β-unsaturated/α-hetero) is 1. The molecule has 1 fully saturated rings. The second kappa shape index (κ2) is 5.38. The number of rotatable bonds is 6. The monoisotopic (exact) mass is 183 g/mol. The molecule has 1 aliphatic rings. The summed E-state index contributed by atoms with van der Waals surface area (Å²) in [6, 6.07) is 0.109. The molecule has 2 N–H and O–H groups in total. The van der Waals surface area contributed by atoms with Gasteiger partial charge in [0, 0.05) is 18.9 Å². The molecule has 2 nitrogen and oxygen atoms in total. The van der Waals surface area contributed by atoms with Gasteiger partial charge in [0.1, 0.15) is 5.78 Å². The molecule has 0 saturated heterocycles. The first-order chi connectivity index (χ1) is 6.22. The lowest BCUT2D eigenvalue weighted by Gasteiger charge is -2.24. The molecule has 2 heteroatoms. The van der Waals surface area contributed by atoms with Gasteiger partial charge in [-0.2, -0.15) is 0 Å². The summed E-state index contributed by atoms with van der Waals surface area (Å²) in [5.74, 6) is 1.08. The van der Waals surface area contributed by atoms with E-state index in [1.165, 1.54) is 19.3 Å². The summed E-state index contributed by atoms with van der Waals surface area (Å²) in [4.78, 5) is 11.5. The van der Waals surface area contributed by atoms with Crippen LogP contribution in [-0.4, -0.2) is 11.8 Å². The Hall–Kier alpha value is -0.370. The summed E-state index contributed by atoms with van der Waals surface area (Å²) in [5.41, 5.74) is 5.80. The number of hydrogen-bond donors (Lipinski definition) is 1. The van der Waals surface area contributed by atoms with Crippen molar-refractivity contribution < 1.29 is 4.79 Å². The van der Waals surface area contributed by atoms with Gasteiger partial charge >= 0.3 is 0 Å². The molecular weight excluding hydrogens is 162 g/mol. The van der Waals surface area contributed by atoms with Gasteiger partial charge in [-0.25, -0.2) is 0 Å². The van der Waals surface area contributed by atoms with E-state index in [1.54, 1.807) is 0 Å². The summed E-state index contributed by atoms with van der Waals surface area (Å²) >= 11 is 0. The maximum absolute atomic E-state index is 11.5. The fourth-order valence-electron chi connectivity index (χ4n) is 1.87. The van der Waals surface area contributed by atoms with Gasteiger partial charge in [0.2, 0.25) is 0 Å². The molecule has 1 aliphatic carbocycles. The molecule has 1 rings (SSSR count). The van der Waals surface area contributed by atoms with Crippen molar-refractivity contribution in [1.82, 2.24) is 0 Å². The van der Waals surface area contributed by atoms with Gasteiger partial charge in [-0.3, -0.25) is 4.79 Å². The molecule has 0 aromatic heterocycles. The van der Waals surface area contributed by atoms with Crippen molar-refractivity contribution in [2.24, 2.45) is 11.7 Å². The third kappa shape index (κ3) is 3.90. The van der Waals surface area contributed by atoms with E-state index in [2.05, 4.69) is 6.92 Å². The second-order valence-corrected chi connectivity index (χ2v) is 4.29. The van der Waals surface area contributed by atoms with Gasteiger partial charge in [-0.1, -0.05) is 32.6 Å². The van der Waals surface area contributed by atoms with Crippen LogP contribution in [0.25, 0.3) is 0 Å². The Morgan fingerprint density at radius 1 is 1.54 bits per heavy atom. The first kappa shape index (κ1) is 10.7. The zero-order valence-electron chi connectivity index (χ0n) is 8.59. The fraction of sp³-hybridized carbons (Fsp3) is 0.909.